The number of nitrogens with two attached hydrogens (primary N) is 3. The van der Waals surface area contributed by atoms with Gasteiger partial charge in [0.25, 0.3) is 5.91 Å². The molecule has 0 radical (unpaired) electrons. The number of amides is 1. The van der Waals surface area contributed by atoms with Crippen LogP contribution in [0, 0.1) is 23.5 Å². The number of benzene rings is 4. The number of aromatic carboxylic acids is 1. The van der Waals surface area contributed by atoms with E-state index in [9.17, 15) is 23.5 Å². The van der Waals surface area contributed by atoms with Gasteiger partial charge >= 0.3 is 5.97 Å². The lowest BCUT2D eigenvalue weighted by Crippen LogP contribution is -2.25. The van der Waals surface area contributed by atoms with Crippen LogP contribution in [0.4, 0.5) is 19.0 Å². The maximum atomic E-state index is 14.7. The molecule has 8 N–H and O–H groups in total. The van der Waals surface area contributed by atoms with Gasteiger partial charge in [0.15, 0.2) is 10.3 Å². The zero-order chi connectivity index (χ0) is 51.4. The molecule has 2 saturated carbocycles. The lowest BCUT2D eigenvalue weighted by atomic mass is 10.0. The molecule has 2 aliphatic carbocycles. The molecule has 19 heteroatoms. The fourth-order valence-corrected chi connectivity index (χ4v) is 10.4. The minimum absolute atomic E-state index is 0.0228. The second-order valence-electron chi connectivity index (χ2n) is 17.6. The van der Waals surface area contributed by atoms with Crippen molar-refractivity contribution in [3.8, 4) is 45.5 Å². The molecule has 0 aliphatic heterocycles. The molecule has 8 aromatic rings. The van der Waals surface area contributed by atoms with E-state index in [2.05, 4.69) is 25.3 Å². The van der Waals surface area contributed by atoms with E-state index in [4.69, 9.17) is 36.1 Å². The van der Waals surface area contributed by atoms with E-state index < -0.39 is 17.7 Å². The van der Waals surface area contributed by atoms with E-state index in [1.165, 1.54) is 87.6 Å². The second-order valence-corrected chi connectivity index (χ2v) is 19.7. The monoisotopic (exact) mass is 1030 g/mol. The number of aromatic nitrogens is 4. The topological polar surface area (TPSA) is 233 Å². The third-order valence-electron chi connectivity index (χ3n) is 12.7. The van der Waals surface area contributed by atoms with Gasteiger partial charge in [0.05, 0.1) is 47.9 Å². The highest BCUT2D eigenvalue weighted by molar-refractivity contribution is 7.22. The summed E-state index contributed by atoms with van der Waals surface area (Å²) in [4.78, 5) is 41.2. The Labute approximate surface area is 428 Å². The molecule has 0 saturated heterocycles. The predicted octanol–water partition coefficient (Wildman–Crippen LogP) is 11.1. The first-order valence-electron chi connectivity index (χ1n) is 23.8. The van der Waals surface area contributed by atoms with Crippen molar-refractivity contribution in [1.82, 2.24) is 25.3 Å². The van der Waals surface area contributed by atoms with Crippen molar-refractivity contribution < 1.29 is 42.4 Å². The summed E-state index contributed by atoms with van der Waals surface area (Å²) < 4.78 is 51.9. The molecular weight excluding hydrogens is 975 g/mol. The first-order valence-corrected chi connectivity index (χ1v) is 25.5. The Bertz CT molecular complexity index is 3210. The highest BCUT2D eigenvalue weighted by Crippen LogP contribution is 2.34. The Kier molecular flexibility index (Phi) is 17.3. The molecule has 0 unspecified atom stereocenters. The molecule has 0 spiro atoms. The molecule has 15 nitrogen and oxygen atoms in total. The summed E-state index contributed by atoms with van der Waals surface area (Å²) in [5.74, 6) is 0.274. The summed E-state index contributed by atoms with van der Waals surface area (Å²) in [6, 6.07) is 24.2. The normalized spacial score (nSPS) is 13.5. The number of nitrogens with zero attached hydrogens (tertiary/aromatic N) is 4. The van der Waals surface area contributed by atoms with Gasteiger partial charge in [-0.05, 0) is 109 Å². The number of pyridine rings is 2. The summed E-state index contributed by atoms with van der Waals surface area (Å²) in [5.41, 5.74) is 22.9. The summed E-state index contributed by atoms with van der Waals surface area (Å²) in [6.45, 7) is 1.41. The number of ether oxygens (including phenoxy) is 4. The van der Waals surface area contributed by atoms with E-state index in [-0.39, 0.29) is 41.8 Å². The lowest BCUT2D eigenvalue weighted by molar-refractivity contribution is 0.0692. The Morgan fingerprint density at radius 1 is 0.658 bits per heavy atom. The number of hydrogen-bond acceptors (Lipinski definition) is 15. The minimum atomic E-state index is -1.08. The van der Waals surface area contributed by atoms with Crippen LogP contribution in [-0.4, -0.2) is 64.4 Å². The third kappa shape index (κ3) is 13.0. The summed E-state index contributed by atoms with van der Waals surface area (Å²) in [7, 11) is 2.84. The summed E-state index contributed by atoms with van der Waals surface area (Å²) >= 11 is 2.78. The number of nitrogens with one attached hydrogen (secondary N) is 1. The molecule has 73 heavy (non-hydrogen) atoms. The number of carbonyl (C=O) groups is 2. The smallest absolute Gasteiger partial charge is 0.341 e. The van der Waals surface area contributed by atoms with Crippen molar-refractivity contribution in [2.45, 2.75) is 64.5 Å². The number of carboxylic acid groups (broad SMARTS) is 1. The number of carboxylic acids is 1. The summed E-state index contributed by atoms with van der Waals surface area (Å²) in [6.07, 6.45) is 13.0. The molecule has 4 heterocycles. The standard InChI is InChI=1S/C27H27FN4O3S.C14H11N3O3S.C13H18FNO/c1-34-26-19(11-18(13-31-26)17-9-10-22-24(12-17)36-27(29)32-22)25(33)30-14-20-21(28)7-4-8-23(20)35-15-16-5-2-3-6-16;1-20-12-9(13(18)19)4-8(6-16-12)7-2-3-10-11(5-7)21-14(15)17-10;14-12-6-3-7-13(11(12)8-15)16-9-10-4-1-2-5-10/h4,7-13,16H,2-3,5-6,14-15H2,1H3,(H2,29,32)(H,30,33);2-6H,1H3,(H2,15,17)(H,18,19);3,6-7,10H,1-2,4-5,8-9,15H2. The maximum Gasteiger partial charge on any atom is 0.341 e. The number of carbonyl (C=O) groups excluding carboxylic acids is 1. The first kappa shape index (κ1) is 51.9. The van der Waals surface area contributed by atoms with Crippen molar-refractivity contribution in [2.24, 2.45) is 17.6 Å². The average Bonchev–Trinajstić information content (AvgIpc) is 4.25. The Hall–Kier alpha value is -7.48. The SMILES string of the molecule is COc1ncc(-c2ccc3nc(N)sc3c2)cc1C(=O)NCc1c(F)cccc1OCC1CCCC1.COc1ncc(-c2ccc3nc(N)sc3c2)cc1C(=O)O.NCc1c(F)cccc1OCC1CCCC1. The quantitative estimate of drug-likeness (QED) is 0.0643. The van der Waals surface area contributed by atoms with Crippen LogP contribution in [-0.2, 0) is 13.1 Å². The number of anilines is 2. The number of fused-ring (bicyclic) bond motifs is 2. The number of rotatable bonds is 15. The number of thiazole rings is 2. The van der Waals surface area contributed by atoms with E-state index >= 15 is 0 Å². The molecule has 380 valence electrons. The Morgan fingerprint density at radius 2 is 1.12 bits per heavy atom. The van der Waals surface area contributed by atoms with E-state index in [0.717, 1.165) is 50.0 Å². The molecule has 2 fully saturated rings. The van der Waals surface area contributed by atoms with Crippen LogP contribution >= 0.6 is 22.7 Å². The van der Waals surface area contributed by atoms with Crippen LogP contribution in [0.2, 0.25) is 0 Å². The van der Waals surface area contributed by atoms with Gasteiger partial charge in [-0.2, -0.15) is 0 Å². The molecule has 0 atom stereocenters. The number of methoxy groups -OCH3 is 2. The highest BCUT2D eigenvalue weighted by Gasteiger charge is 2.21. The molecule has 10 rings (SSSR count). The van der Waals surface area contributed by atoms with Gasteiger partial charge in [-0.15, -0.1) is 0 Å². The van der Waals surface area contributed by atoms with Crippen LogP contribution in [0.3, 0.4) is 0 Å². The van der Waals surface area contributed by atoms with Crippen molar-refractivity contribution in [3.63, 3.8) is 0 Å². The van der Waals surface area contributed by atoms with Gasteiger partial charge in [0.2, 0.25) is 11.8 Å². The van der Waals surface area contributed by atoms with Crippen LogP contribution in [0.1, 0.15) is 83.2 Å². The van der Waals surface area contributed by atoms with Crippen molar-refractivity contribution in [1.29, 1.82) is 0 Å². The third-order valence-corrected chi connectivity index (χ3v) is 14.4. The van der Waals surface area contributed by atoms with Crippen LogP contribution < -0.4 is 41.5 Å². The van der Waals surface area contributed by atoms with Crippen LogP contribution in [0.15, 0.2) is 97.3 Å². The lowest BCUT2D eigenvalue weighted by Gasteiger charge is -2.16. The van der Waals surface area contributed by atoms with Crippen LogP contribution in [0.5, 0.6) is 23.3 Å². The van der Waals surface area contributed by atoms with Gasteiger partial charge in [-0.3, -0.25) is 4.79 Å². The molecule has 4 aromatic carbocycles. The van der Waals surface area contributed by atoms with Crippen molar-refractivity contribution >= 4 is 65.2 Å². The predicted molar refractivity (Wildman–Crippen MR) is 281 cm³/mol. The molecule has 0 bridgehead atoms. The Morgan fingerprint density at radius 3 is 1.60 bits per heavy atom. The summed E-state index contributed by atoms with van der Waals surface area (Å²) in [5, 5.41) is 13.0. The van der Waals surface area contributed by atoms with Gasteiger partial charge in [-0.1, -0.05) is 72.6 Å². The van der Waals surface area contributed by atoms with E-state index in [0.29, 0.717) is 63.5 Å². The number of hydrogen-bond donors (Lipinski definition) is 5. The zero-order valence-electron chi connectivity index (χ0n) is 40.4. The number of nitrogen functional groups attached to an aromatic ring is 2. The van der Waals surface area contributed by atoms with Gasteiger partial charge < -0.3 is 46.6 Å². The first-order chi connectivity index (χ1) is 35.4. The van der Waals surface area contributed by atoms with E-state index in [1.807, 2.05) is 36.4 Å². The van der Waals surface area contributed by atoms with Gasteiger partial charge in [0, 0.05) is 47.7 Å². The minimum Gasteiger partial charge on any atom is -0.493 e. The average molecular weight is 1030 g/mol. The van der Waals surface area contributed by atoms with Crippen molar-refractivity contribution in [3.05, 3.63) is 131 Å². The van der Waals surface area contributed by atoms with Gasteiger partial charge in [-0.25, -0.2) is 33.5 Å². The maximum absolute atomic E-state index is 14.7. The molecular formula is C54H56F2N8O7S2. The molecule has 4 aromatic heterocycles. The fraction of sp³-hybridized carbons (Fsp3) is 0.296. The molecule has 1 amide bonds. The van der Waals surface area contributed by atoms with Crippen LogP contribution in [0.25, 0.3) is 42.7 Å². The second kappa shape index (κ2) is 24.3. The van der Waals surface area contributed by atoms with Crippen molar-refractivity contribution in [2.75, 3.05) is 38.9 Å². The van der Waals surface area contributed by atoms with Gasteiger partial charge in [0.1, 0.15) is 34.3 Å². The fourth-order valence-electron chi connectivity index (χ4n) is 8.86. The zero-order valence-corrected chi connectivity index (χ0v) is 42.0. The Balaban J connectivity index is 0.000000162. The highest BCUT2D eigenvalue weighted by atomic mass is 32.1. The molecule has 2 aliphatic rings. The number of halogens is 2. The van der Waals surface area contributed by atoms with E-state index in [1.54, 1.807) is 48.8 Å². The largest absolute Gasteiger partial charge is 0.493 e.